The van der Waals surface area contributed by atoms with Crippen molar-refractivity contribution in [3.63, 3.8) is 0 Å². The molecule has 234 valence electrons. The van der Waals surface area contributed by atoms with Gasteiger partial charge in [0.15, 0.2) is 0 Å². The lowest BCUT2D eigenvalue weighted by atomic mass is 10.0. The summed E-state index contributed by atoms with van der Waals surface area (Å²) in [6.07, 6.45) is 8.92. The van der Waals surface area contributed by atoms with E-state index < -0.39 is 0 Å². The molecule has 11 heteroatoms. The Morgan fingerprint density at radius 1 is 0.600 bits per heavy atom. The van der Waals surface area contributed by atoms with Gasteiger partial charge in [-0.3, -0.25) is 4.79 Å². The van der Waals surface area contributed by atoms with Crippen molar-refractivity contribution < 1.29 is 42.7 Å². The molecule has 0 saturated heterocycles. The van der Waals surface area contributed by atoms with E-state index >= 15 is 0 Å². The quantitative estimate of drug-likeness (QED) is 0.158. The normalized spacial score (nSPS) is 20.3. The van der Waals surface area contributed by atoms with E-state index in [9.17, 15) is 9.59 Å². The number of carbonyl (C=O) groups excluding carboxylic acids is 2. The van der Waals surface area contributed by atoms with Crippen molar-refractivity contribution in [2.75, 3.05) is 99.0 Å². The van der Waals surface area contributed by atoms with Crippen LogP contribution in [0.15, 0.2) is 0 Å². The molecule has 2 fully saturated rings. The monoisotopic (exact) mass is 574 g/mol. The summed E-state index contributed by atoms with van der Waals surface area (Å²) in [5, 5.41) is 5.56. The van der Waals surface area contributed by atoms with E-state index in [-0.39, 0.29) is 12.0 Å². The number of ether oxygens (including phenoxy) is 7. The molecule has 0 aromatic rings. The molecule has 2 rings (SSSR count). The predicted molar refractivity (Wildman–Crippen MR) is 150 cm³/mol. The Morgan fingerprint density at radius 3 is 1.57 bits per heavy atom. The molecule has 0 aromatic carbocycles. The van der Waals surface area contributed by atoms with E-state index in [4.69, 9.17) is 33.2 Å². The van der Waals surface area contributed by atoms with Gasteiger partial charge in [-0.05, 0) is 37.0 Å². The van der Waals surface area contributed by atoms with Crippen molar-refractivity contribution in [2.45, 2.75) is 58.3 Å². The Labute approximate surface area is 240 Å². The number of rotatable bonds is 25. The molecular formula is C29H54N2O9. The van der Waals surface area contributed by atoms with Crippen molar-refractivity contribution in [3.8, 4) is 0 Å². The lowest BCUT2D eigenvalue weighted by Gasteiger charge is -2.09. The minimum atomic E-state index is -0.348. The van der Waals surface area contributed by atoms with Gasteiger partial charge in [0, 0.05) is 19.5 Å². The summed E-state index contributed by atoms with van der Waals surface area (Å²) in [5.74, 6) is 2.15. The van der Waals surface area contributed by atoms with Crippen molar-refractivity contribution in [3.05, 3.63) is 0 Å². The van der Waals surface area contributed by atoms with Gasteiger partial charge >= 0.3 is 6.09 Å². The first-order valence-corrected chi connectivity index (χ1v) is 15.4. The van der Waals surface area contributed by atoms with Crippen molar-refractivity contribution in [1.29, 1.82) is 0 Å². The van der Waals surface area contributed by atoms with Gasteiger partial charge in [-0.2, -0.15) is 0 Å². The van der Waals surface area contributed by atoms with Gasteiger partial charge in [0.25, 0.3) is 0 Å². The molecule has 40 heavy (non-hydrogen) atoms. The van der Waals surface area contributed by atoms with Crippen LogP contribution in [0.4, 0.5) is 4.79 Å². The summed E-state index contributed by atoms with van der Waals surface area (Å²) in [6, 6.07) is 0. The second-order valence-corrected chi connectivity index (χ2v) is 10.3. The number of carbonyl (C=O) groups is 2. The fourth-order valence-corrected chi connectivity index (χ4v) is 4.91. The van der Waals surface area contributed by atoms with Crippen LogP contribution in [0.2, 0.25) is 0 Å². The highest BCUT2D eigenvalue weighted by molar-refractivity contribution is 5.75. The second kappa shape index (κ2) is 24.1. The van der Waals surface area contributed by atoms with Crippen LogP contribution in [-0.4, -0.2) is 111 Å². The third kappa shape index (κ3) is 18.0. The summed E-state index contributed by atoms with van der Waals surface area (Å²) in [6.45, 7) is 9.35. The number of hydrogen-bond acceptors (Lipinski definition) is 9. The van der Waals surface area contributed by atoms with Crippen molar-refractivity contribution >= 4 is 12.0 Å². The Bertz CT molecular complexity index is 627. The van der Waals surface area contributed by atoms with E-state index in [0.29, 0.717) is 111 Å². The smallest absolute Gasteiger partial charge is 0.407 e. The molecule has 2 saturated carbocycles. The average Bonchev–Trinajstić information content (AvgIpc) is 3.60. The molecule has 2 amide bonds. The topological polar surface area (TPSA) is 123 Å². The summed E-state index contributed by atoms with van der Waals surface area (Å²) < 4.78 is 38.1. The third-order valence-electron chi connectivity index (χ3n) is 7.16. The summed E-state index contributed by atoms with van der Waals surface area (Å²) >= 11 is 0. The predicted octanol–water partition coefficient (Wildman–Crippen LogP) is 2.94. The molecule has 0 spiro atoms. The number of nitrogens with one attached hydrogen (secondary N) is 2. The first kappa shape index (κ1) is 34.7. The van der Waals surface area contributed by atoms with Gasteiger partial charge in [-0.15, -0.1) is 0 Å². The van der Waals surface area contributed by atoms with Crippen LogP contribution in [0, 0.1) is 17.8 Å². The lowest BCUT2D eigenvalue weighted by molar-refractivity contribution is -0.122. The molecule has 0 aromatic heterocycles. The van der Waals surface area contributed by atoms with Gasteiger partial charge in [0.05, 0.1) is 85.9 Å². The van der Waals surface area contributed by atoms with Crippen LogP contribution in [0.3, 0.4) is 0 Å². The highest BCUT2D eigenvalue weighted by Gasteiger charge is 2.49. The number of amides is 2. The van der Waals surface area contributed by atoms with Crippen LogP contribution in [0.25, 0.3) is 0 Å². The van der Waals surface area contributed by atoms with Crippen LogP contribution in [-0.2, 0) is 38.0 Å². The fourth-order valence-electron chi connectivity index (χ4n) is 4.91. The largest absolute Gasteiger partial charge is 0.449 e. The van der Waals surface area contributed by atoms with Gasteiger partial charge in [0.1, 0.15) is 0 Å². The summed E-state index contributed by atoms with van der Waals surface area (Å²) in [5.41, 5.74) is 0. The van der Waals surface area contributed by atoms with Gasteiger partial charge in [0.2, 0.25) is 5.91 Å². The molecule has 0 aliphatic heterocycles. The standard InChI is InChI=1S/C29H54N2O9/c1-2-10-30-28(32)9-12-34-14-16-36-18-20-38-22-23-39-21-19-37-17-15-35-13-11-31-29(33)40-24-27-25-7-5-3-4-6-8-26(25)27/h25-27H,2-24H2,1H3,(H,30,32)(H,31,33). The van der Waals surface area contributed by atoms with Gasteiger partial charge < -0.3 is 43.8 Å². The molecular weight excluding hydrogens is 520 g/mol. The molecule has 2 atom stereocenters. The van der Waals surface area contributed by atoms with Gasteiger partial charge in [-0.25, -0.2) is 4.79 Å². The molecule has 2 N–H and O–H groups in total. The maximum atomic E-state index is 11.9. The SMILES string of the molecule is CCCNC(=O)CCOCCOCCOCCOCCOCCOCCNC(=O)OCC1C2CCCCCCC21. The number of alkyl carbamates (subject to hydrolysis) is 1. The lowest BCUT2D eigenvalue weighted by Crippen LogP contribution is -2.29. The first-order valence-electron chi connectivity index (χ1n) is 15.4. The van der Waals surface area contributed by atoms with Crippen molar-refractivity contribution in [1.82, 2.24) is 10.6 Å². The zero-order valence-electron chi connectivity index (χ0n) is 24.7. The summed E-state index contributed by atoms with van der Waals surface area (Å²) in [4.78, 5) is 23.3. The van der Waals surface area contributed by atoms with Crippen LogP contribution in [0.1, 0.15) is 58.3 Å². The first-order chi connectivity index (χ1) is 19.7. The Morgan fingerprint density at radius 2 is 1.07 bits per heavy atom. The maximum absolute atomic E-state index is 11.9. The average molecular weight is 575 g/mol. The zero-order valence-corrected chi connectivity index (χ0v) is 24.7. The highest BCUT2D eigenvalue weighted by Crippen LogP contribution is 2.53. The van der Waals surface area contributed by atoms with Gasteiger partial charge in [-0.1, -0.05) is 32.6 Å². The minimum Gasteiger partial charge on any atom is -0.449 e. The fraction of sp³-hybridized carbons (Fsp3) is 0.931. The van der Waals surface area contributed by atoms with E-state index in [1.807, 2.05) is 6.92 Å². The Balaban J connectivity index is 1.21. The highest BCUT2D eigenvalue weighted by atomic mass is 16.6. The molecule has 2 aliphatic carbocycles. The van der Waals surface area contributed by atoms with Crippen LogP contribution >= 0.6 is 0 Å². The zero-order chi connectivity index (χ0) is 28.5. The summed E-state index contributed by atoms with van der Waals surface area (Å²) in [7, 11) is 0. The van der Waals surface area contributed by atoms with E-state index in [1.54, 1.807) is 0 Å². The molecule has 2 unspecified atom stereocenters. The molecule has 0 radical (unpaired) electrons. The third-order valence-corrected chi connectivity index (χ3v) is 7.16. The number of fused-ring (bicyclic) bond motifs is 1. The van der Waals surface area contributed by atoms with E-state index in [0.717, 1.165) is 18.3 Å². The van der Waals surface area contributed by atoms with Crippen LogP contribution < -0.4 is 10.6 Å². The second-order valence-electron chi connectivity index (χ2n) is 10.3. The molecule has 2 aliphatic rings. The minimum absolute atomic E-state index is 0.0180. The van der Waals surface area contributed by atoms with Crippen molar-refractivity contribution in [2.24, 2.45) is 17.8 Å². The molecule has 11 nitrogen and oxygen atoms in total. The Hall–Kier alpha value is -1.50. The Kier molecular flexibility index (Phi) is 20.9. The van der Waals surface area contributed by atoms with E-state index in [1.165, 1.54) is 38.5 Å². The molecule has 0 bridgehead atoms. The molecule has 0 heterocycles. The maximum Gasteiger partial charge on any atom is 0.407 e. The van der Waals surface area contributed by atoms with E-state index in [2.05, 4.69) is 10.6 Å². The number of hydrogen-bond donors (Lipinski definition) is 2. The van der Waals surface area contributed by atoms with Crippen LogP contribution in [0.5, 0.6) is 0 Å².